The molecule has 2 amide bonds. The summed E-state index contributed by atoms with van der Waals surface area (Å²) in [5, 5.41) is 6.33. The van der Waals surface area contributed by atoms with E-state index >= 15 is 0 Å². The number of halogens is 2. The maximum absolute atomic E-state index is 14.5. The van der Waals surface area contributed by atoms with Gasteiger partial charge in [0.1, 0.15) is 23.2 Å². The fourth-order valence-electron chi connectivity index (χ4n) is 6.66. The average molecular weight is 548 g/mol. The SMILES string of the molecule is CC(C)(C(=O)N1C[C@H]2CC[C@@H]1C2)n1cnc(NC(=O)[C@@H](NC2CCc3cc(F)cc(F)c3C2)c2ccccc2)c1. The first-order chi connectivity index (χ1) is 19.2. The molecule has 40 heavy (non-hydrogen) atoms. The first-order valence-electron chi connectivity index (χ1n) is 14.1. The van der Waals surface area contributed by atoms with Gasteiger partial charge in [-0.25, -0.2) is 13.8 Å². The highest BCUT2D eigenvalue weighted by Gasteiger charge is 2.45. The number of aryl methyl sites for hydroxylation is 1. The Morgan fingerprint density at radius 3 is 2.62 bits per heavy atom. The summed E-state index contributed by atoms with van der Waals surface area (Å²) in [5.74, 6) is -0.383. The Labute approximate surface area is 233 Å². The van der Waals surface area contributed by atoms with Gasteiger partial charge < -0.3 is 14.8 Å². The summed E-state index contributed by atoms with van der Waals surface area (Å²) < 4.78 is 30.0. The monoisotopic (exact) mass is 547 g/mol. The van der Waals surface area contributed by atoms with Crippen LogP contribution in [0, 0.1) is 17.6 Å². The van der Waals surface area contributed by atoms with Crippen molar-refractivity contribution in [3.8, 4) is 0 Å². The Balaban J connectivity index is 1.17. The number of piperidine rings is 1. The van der Waals surface area contributed by atoms with Crippen molar-refractivity contribution >= 4 is 17.6 Å². The van der Waals surface area contributed by atoms with Crippen LogP contribution in [0.5, 0.6) is 0 Å². The van der Waals surface area contributed by atoms with Crippen molar-refractivity contribution in [2.45, 2.75) is 76.0 Å². The number of aromatic nitrogens is 2. The van der Waals surface area contributed by atoms with E-state index < -0.39 is 23.2 Å². The second-order valence-electron chi connectivity index (χ2n) is 12.0. The van der Waals surface area contributed by atoms with Gasteiger partial charge in [-0.15, -0.1) is 0 Å². The molecule has 3 aromatic rings. The number of fused-ring (bicyclic) bond motifs is 3. The number of imidazole rings is 1. The molecule has 9 heteroatoms. The molecule has 0 spiro atoms. The molecule has 2 fully saturated rings. The zero-order valence-corrected chi connectivity index (χ0v) is 22.9. The number of carbonyl (C=O) groups is 2. The highest BCUT2D eigenvalue weighted by atomic mass is 19.1. The third kappa shape index (κ3) is 5.03. The number of anilines is 1. The van der Waals surface area contributed by atoms with Crippen molar-refractivity contribution in [3.05, 3.63) is 83.3 Å². The van der Waals surface area contributed by atoms with Crippen LogP contribution in [0.15, 0.2) is 55.0 Å². The van der Waals surface area contributed by atoms with E-state index in [0.717, 1.165) is 31.0 Å². The molecule has 1 aromatic heterocycles. The Kier molecular flexibility index (Phi) is 6.94. The van der Waals surface area contributed by atoms with E-state index in [9.17, 15) is 18.4 Å². The molecular formula is C31H35F2N5O2. The van der Waals surface area contributed by atoms with E-state index in [4.69, 9.17) is 0 Å². The van der Waals surface area contributed by atoms with E-state index in [-0.39, 0.29) is 17.9 Å². The number of hydrogen-bond donors (Lipinski definition) is 2. The van der Waals surface area contributed by atoms with Gasteiger partial charge in [0.05, 0.1) is 6.33 Å². The van der Waals surface area contributed by atoms with Crippen molar-refractivity contribution < 1.29 is 18.4 Å². The average Bonchev–Trinajstić information content (AvgIpc) is 3.70. The van der Waals surface area contributed by atoms with Gasteiger partial charge in [0.25, 0.3) is 0 Å². The molecule has 2 aromatic carbocycles. The van der Waals surface area contributed by atoms with Crippen LogP contribution in [0.25, 0.3) is 0 Å². The Hall–Kier alpha value is -3.59. The molecule has 1 unspecified atom stereocenters. The van der Waals surface area contributed by atoms with Crippen molar-refractivity contribution in [1.82, 2.24) is 19.8 Å². The largest absolute Gasteiger partial charge is 0.337 e. The minimum atomic E-state index is -0.837. The fraction of sp³-hybridized carbons (Fsp3) is 0.452. The first kappa shape index (κ1) is 26.6. The first-order valence-corrected chi connectivity index (χ1v) is 14.1. The maximum atomic E-state index is 14.5. The van der Waals surface area contributed by atoms with E-state index in [1.165, 1.54) is 12.5 Å². The summed E-state index contributed by atoms with van der Waals surface area (Å²) in [6.07, 6.45) is 8.19. The van der Waals surface area contributed by atoms with Crippen LogP contribution >= 0.6 is 0 Å². The summed E-state index contributed by atoms with van der Waals surface area (Å²) in [4.78, 5) is 33.5. The zero-order chi connectivity index (χ0) is 28.0. The molecule has 2 heterocycles. The highest BCUT2D eigenvalue weighted by Crippen LogP contribution is 2.39. The minimum absolute atomic E-state index is 0.0727. The normalized spacial score (nSPS) is 22.7. The lowest BCUT2D eigenvalue weighted by molar-refractivity contribution is -0.141. The lowest BCUT2D eigenvalue weighted by Crippen LogP contribution is -2.49. The minimum Gasteiger partial charge on any atom is -0.337 e. The Morgan fingerprint density at radius 1 is 1.10 bits per heavy atom. The maximum Gasteiger partial charge on any atom is 0.248 e. The number of benzene rings is 2. The second-order valence-corrected chi connectivity index (χ2v) is 12.0. The van der Waals surface area contributed by atoms with E-state index in [0.29, 0.717) is 48.2 Å². The summed E-state index contributed by atoms with van der Waals surface area (Å²) in [6.45, 7) is 4.59. The van der Waals surface area contributed by atoms with Crippen molar-refractivity contribution in [1.29, 1.82) is 0 Å². The summed E-state index contributed by atoms with van der Waals surface area (Å²) >= 11 is 0. The third-order valence-electron chi connectivity index (χ3n) is 8.94. The van der Waals surface area contributed by atoms with Crippen LogP contribution in [-0.4, -0.2) is 44.9 Å². The molecule has 3 aliphatic rings. The van der Waals surface area contributed by atoms with Gasteiger partial charge in [-0.2, -0.15) is 0 Å². The Bertz CT molecular complexity index is 1420. The Morgan fingerprint density at radius 2 is 1.90 bits per heavy atom. The lowest BCUT2D eigenvalue weighted by atomic mass is 9.87. The quantitative estimate of drug-likeness (QED) is 0.448. The molecule has 1 aliphatic heterocycles. The standard InChI is InChI=1S/C31H35F2N5O2/c1-31(2,30(40)38-16-19-8-11-24(38)12-19)37-17-27(34-18-37)36-29(39)28(20-6-4-3-5-7-20)35-23-10-9-21-13-22(32)14-26(33)25(21)15-23/h3-7,13-14,17-19,23-24,28,35H,8-12,15-16H2,1-2H3,(H,36,39)/t19-,23?,24+,28-/m0/s1. The highest BCUT2D eigenvalue weighted by molar-refractivity contribution is 5.95. The number of nitrogens with zero attached hydrogens (tertiary/aromatic N) is 3. The molecule has 1 saturated carbocycles. The van der Waals surface area contributed by atoms with Gasteiger partial charge in [0.2, 0.25) is 11.8 Å². The lowest BCUT2D eigenvalue weighted by Gasteiger charge is -2.35. The van der Waals surface area contributed by atoms with Gasteiger partial charge in [-0.05, 0) is 81.0 Å². The summed E-state index contributed by atoms with van der Waals surface area (Å²) in [7, 11) is 0. The molecule has 1 saturated heterocycles. The fourth-order valence-corrected chi connectivity index (χ4v) is 6.66. The van der Waals surface area contributed by atoms with Crippen LogP contribution in [0.3, 0.4) is 0 Å². The van der Waals surface area contributed by atoms with Crippen LogP contribution in [-0.2, 0) is 28.0 Å². The molecule has 7 nitrogen and oxygen atoms in total. The van der Waals surface area contributed by atoms with Crippen LogP contribution in [0.4, 0.5) is 14.6 Å². The molecule has 2 aliphatic carbocycles. The van der Waals surface area contributed by atoms with Crippen molar-refractivity contribution in [2.75, 3.05) is 11.9 Å². The molecular weight excluding hydrogens is 512 g/mol. The van der Waals surface area contributed by atoms with Crippen molar-refractivity contribution in [3.63, 3.8) is 0 Å². The van der Waals surface area contributed by atoms with Crippen LogP contribution < -0.4 is 10.6 Å². The number of amides is 2. The number of nitrogens with one attached hydrogen (secondary N) is 2. The van der Waals surface area contributed by atoms with E-state index in [1.807, 2.05) is 49.1 Å². The van der Waals surface area contributed by atoms with Crippen molar-refractivity contribution in [2.24, 2.45) is 5.92 Å². The van der Waals surface area contributed by atoms with E-state index in [2.05, 4.69) is 15.6 Å². The summed E-state index contributed by atoms with van der Waals surface area (Å²) in [5.41, 5.74) is 1.11. The number of hydrogen-bond acceptors (Lipinski definition) is 4. The van der Waals surface area contributed by atoms with Gasteiger partial charge in [-0.3, -0.25) is 14.9 Å². The molecule has 4 atom stereocenters. The van der Waals surface area contributed by atoms with Crippen LogP contribution in [0.2, 0.25) is 0 Å². The topological polar surface area (TPSA) is 79.3 Å². The number of carbonyl (C=O) groups excluding carboxylic acids is 2. The molecule has 0 radical (unpaired) electrons. The summed E-state index contributed by atoms with van der Waals surface area (Å²) in [6, 6.07) is 11.1. The molecule has 2 N–H and O–H groups in total. The van der Waals surface area contributed by atoms with Gasteiger partial charge in [-0.1, -0.05) is 30.3 Å². The van der Waals surface area contributed by atoms with Gasteiger partial charge >= 0.3 is 0 Å². The van der Waals surface area contributed by atoms with E-state index in [1.54, 1.807) is 17.1 Å². The predicted octanol–water partition coefficient (Wildman–Crippen LogP) is 4.73. The molecule has 210 valence electrons. The second kappa shape index (κ2) is 10.4. The number of rotatable bonds is 7. The smallest absolute Gasteiger partial charge is 0.248 e. The van der Waals surface area contributed by atoms with Crippen LogP contribution in [0.1, 0.15) is 62.3 Å². The third-order valence-corrected chi connectivity index (χ3v) is 8.94. The molecule has 6 rings (SSSR count). The number of likely N-dealkylation sites (tertiary alicyclic amines) is 1. The zero-order valence-electron chi connectivity index (χ0n) is 22.9. The van der Waals surface area contributed by atoms with Gasteiger partial charge in [0.15, 0.2) is 5.82 Å². The molecule has 2 bridgehead atoms. The van der Waals surface area contributed by atoms with Gasteiger partial charge in [0, 0.05) is 30.9 Å². The predicted molar refractivity (Wildman–Crippen MR) is 148 cm³/mol.